The second-order valence-electron chi connectivity index (χ2n) is 7.60. The van der Waals surface area contributed by atoms with E-state index < -0.39 is 0 Å². The van der Waals surface area contributed by atoms with Crippen molar-refractivity contribution in [2.75, 3.05) is 13.1 Å². The number of hydrogen-bond donors (Lipinski definition) is 2. The fraction of sp³-hybridized carbons (Fsp3) is 0.450. The number of carbonyl (C=O) groups excluding carboxylic acids is 1. The van der Waals surface area contributed by atoms with Crippen molar-refractivity contribution in [3.63, 3.8) is 0 Å². The minimum absolute atomic E-state index is 0.0514. The minimum atomic E-state index is -0.0514. The van der Waals surface area contributed by atoms with Gasteiger partial charge in [-0.05, 0) is 24.5 Å². The highest BCUT2D eigenvalue weighted by atomic mass is 16.5. The zero-order chi connectivity index (χ0) is 20.2. The first-order valence-electron chi connectivity index (χ1n) is 9.91. The lowest BCUT2D eigenvalue weighted by atomic mass is 9.96. The Labute approximate surface area is 168 Å². The number of aromatic nitrogens is 5. The van der Waals surface area contributed by atoms with E-state index in [-0.39, 0.29) is 17.9 Å². The molecule has 29 heavy (non-hydrogen) atoms. The van der Waals surface area contributed by atoms with E-state index in [1.165, 1.54) is 6.33 Å². The number of piperidine rings is 1. The van der Waals surface area contributed by atoms with Crippen LogP contribution in [0.25, 0.3) is 11.4 Å². The van der Waals surface area contributed by atoms with Gasteiger partial charge in [0.1, 0.15) is 6.33 Å². The molecule has 1 aliphatic heterocycles. The number of carbonyl (C=O) groups is 1. The summed E-state index contributed by atoms with van der Waals surface area (Å²) in [6.45, 7) is 5.89. The third kappa shape index (κ3) is 4.44. The molecule has 0 atom stereocenters. The Morgan fingerprint density at radius 2 is 2.17 bits per heavy atom. The monoisotopic (exact) mass is 395 g/mol. The van der Waals surface area contributed by atoms with Crippen molar-refractivity contribution >= 4 is 6.03 Å². The third-order valence-corrected chi connectivity index (χ3v) is 5.16. The summed E-state index contributed by atoms with van der Waals surface area (Å²) >= 11 is 0. The molecule has 9 nitrogen and oxygen atoms in total. The number of urea groups is 1. The van der Waals surface area contributed by atoms with Gasteiger partial charge in [-0.2, -0.15) is 10.1 Å². The largest absolute Gasteiger partial charge is 0.339 e. The van der Waals surface area contributed by atoms with Crippen LogP contribution < -0.4 is 5.32 Å². The zero-order valence-corrected chi connectivity index (χ0v) is 16.6. The fourth-order valence-corrected chi connectivity index (χ4v) is 3.45. The Hall–Kier alpha value is -3.23. The van der Waals surface area contributed by atoms with Crippen molar-refractivity contribution in [3.8, 4) is 11.4 Å². The Morgan fingerprint density at radius 1 is 1.34 bits per heavy atom. The van der Waals surface area contributed by atoms with Crippen LogP contribution in [-0.2, 0) is 6.54 Å². The van der Waals surface area contributed by atoms with E-state index in [1.807, 2.05) is 43.0 Å². The van der Waals surface area contributed by atoms with Gasteiger partial charge in [0.2, 0.25) is 5.89 Å². The van der Waals surface area contributed by atoms with Gasteiger partial charge in [0.25, 0.3) is 0 Å². The Bertz CT molecular complexity index is 943. The van der Waals surface area contributed by atoms with Gasteiger partial charge in [-0.1, -0.05) is 37.2 Å². The van der Waals surface area contributed by atoms with E-state index in [4.69, 9.17) is 4.52 Å². The Kier molecular flexibility index (Phi) is 5.55. The summed E-state index contributed by atoms with van der Waals surface area (Å²) in [4.78, 5) is 23.1. The average molecular weight is 395 g/mol. The lowest BCUT2D eigenvalue weighted by Crippen LogP contribution is -2.43. The maximum atomic E-state index is 12.6. The molecule has 3 aromatic rings. The van der Waals surface area contributed by atoms with E-state index in [0.717, 1.165) is 29.8 Å². The highest BCUT2D eigenvalue weighted by Gasteiger charge is 2.27. The normalized spacial score (nSPS) is 15.1. The molecule has 0 spiro atoms. The predicted molar refractivity (Wildman–Crippen MR) is 106 cm³/mol. The van der Waals surface area contributed by atoms with Crippen LogP contribution in [0.4, 0.5) is 4.79 Å². The van der Waals surface area contributed by atoms with E-state index in [1.54, 1.807) is 0 Å². The molecule has 1 saturated heterocycles. The standard InChI is InChI=1S/C20H25N7O2/c1-13(2)19-24-18(26-29-19)15-6-8-27(9-7-15)20(28)21-11-14-4-3-5-16(10-14)17-22-12-23-25-17/h3-5,10,12-13,15H,6-9,11H2,1-2H3,(H,21,28)(H,22,23,25). The van der Waals surface area contributed by atoms with Crippen LogP contribution >= 0.6 is 0 Å². The van der Waals surface area contributed by atoms with Crippen LogP contribution in [0.15, 0.2) is 35.1 Å². The number of aromatic amines is 1. The highest BCUT2D eigenvalue weighted by Crippen LogP contribution is 2.27. The van der Waals surface area contributed by atoms with Gasteiger partial charge in [0.15, 0.2) is 11.6 Å². The summed E-state index contributed by atoms with van der Waals surface area (Å²) in [7, 11) is 0. The molecule has 0 unspecified atom stereocenters. The number of hydrogen-bond acceptors (Lipinski definition) is 6. The number of nitrogens with one attached hydrogen (secondary N) is 2. The maximum absolute atomic E-state index is 12.6. The maximum Gasteiger partial charge on any atom is 0.317 e. The fourth-order valence-electron chi connectivity index (χ4n) is 3.45. The number of H-pyrrole nitrogens is 1. The molecule has 0 aliphatic carbocycles. The molecule has 2 amide bonds. The zero-order valence-electron chi connectivity index (χ0n) is 16.6. The Balaban J connectivity index is 1.28. The summed E-state index contributed by atoms with van der Waals surface area (Å²) in [5.41, 5.74) is 1.95. The van der Waals surface area contributed by atoms with Gasteiger partial charge in [-0.15, -0.1) is 0 Å². The number of benzene rings is 1. The van der Waals surface area contributed by atoms with E-state index >= 15 is 0 Å². The smallest absolute Gasteiger partial charge is 0.317 e. The molecule has 2 aromatic heterocycles. The first-order valence-corrected chi connectivity index (χ1v) is 9.91. The van der Waals surface area contributed by atoms with Crippen molar-refractivity contribution in [3.05, 3.63) is 47.9 Å². The van der Waals surface area contributed by atoms with Gasteiger partial charge >= 0.3 is 6.03 Å². The summed E-state index contributed by atoms with van der Waals surface area (Å²) in [6.07, 6.45) is 3.16. The van der Waals surface area contributed by atoms with Crippen LogP contribution in [0.3, 0.4) is 0 Å². The third-order valence-electron chi connectivity index (χ3n) is 5.16. The molecule has 3 heterocycles. The lowest BCUT2D eigenvalue weighted by molar-refractivity contribution is 0.179. The molecule has 1 aliphatic rings. The second-order valence-corrected chi connectivity index (χ2v) is 7.60. The van der Waals surface area contributed by atoms with Gasteiger partial charge in [-0.25, -0.2) is 9.78 Å². The van der Waals surface area contributed by atoms with E-state index in [9.17, 15) is 4.79 Å². The minimum Gasteiger partial charge on any atom is -0.339 e. The Morgan fingerprint density at radius 3 is 2.86 bits per heavy atom. The van der Waals surface area contributed by atoms with E-state index in [0.29, 0.717) is 31.3 Å². The number of likely N-dealkylation sites (tertiary alicyclic amines) is 1. The first kappa shape index (κ1) is 19.1. The molecule has 0 bridgehead atoms. The van der Waals surface area contributed by atoms with Crippen molar-refractivity contribution in [2.24, 2.45) is 0 Å². The second kappa shape index (κ2) is 8.42. The molecule has 4 rings (SSSR count). The van der Waals surface area contributed by atoms with Gasteiger partial charge in [0, 0.05) is 37.0 Å². The molecule has 1 fully saturated rings. The molecular weight excluding hydrogens is 370 g/mol. The topological polar surface area (TPSA) is 113 Å². The predicted octanol–water partition coefficient (Wildman–Crippen LogP) is 3.07. The molecule has 0 radical (unpaired) electrons. The molecule has 2 N–H and O–H groups in total. The van der Waals surface area contributed by atoms with Crippen LogP contribution in [-0.4, -0.2) is 49.3 Å². The SMILES string of the molecule is CC(C)c1nc(C2CCN(C(=O)NCc3cccc(-c4ncn[nH]4)c3)CC2)no1. The van der Waals surface area contributed by atoms with Gasteiger partial charge in [-0.3, -0.25) is 5.10 Å². The summed E-state index contributed by atoms with van der Waals surface area (Å²) in [6, 6.07) is 7.83. The van der Waals surface area contributed by atoms with Crippen LogP contribution in [0.2, 0.25) is 0 Å². The van der Waals surface area contributed by atoms with Gasteiger partial charge in [0.05, 0.1) is 0 Å². The average Bonchev–Trinajstić information content (AvgIpc) is 3.45. The molecule has 9 heteroatoms. The van der Waals surface area contributed by atoms with Crippen molar-refractivity contribution in [1.82, 2.24) is 35.5 Å². The number of nitrogens with zero attached hydrogens (tertiary/aromatic N) is 5. The quantitative estimate of drug-likeness (QED) is 0.686. The molecule has 152 valence electrons. The number of amides is 2. The molecule has 0 saturated carbocycles. The van der Waals surface area contributed by atoms with Gasteiger partial charge < -0.3 is 14.7 Å². The summed E-state index contributed by atoms with van der Waals surface area (Å²) < 4.78 is 5.31. The van der Waals surface area contributed by atoms with Crippen molar-refractivity contribution < 1.29 is 9.32 Å². The van der Waals surface area contributed by atoms with Crippen molar-refractivity contribution in [1.29, 1.82) is 0 Å². The number of rotatable bonds is 5. The van der Waals surface area contributed by atoms with E-state index in [2.05, 4.69) is 30.6 Å². The lowest BCUT2D eigenvalue weighted by Gasteiger charge is -2.30. The highest BCUT2D eigenvalue weighted by molar-refractivity contribution is 5.74. The molecule has 1 aromatic carbocycles. The van der Waals surface area contributed by atoms with Crippen LogP contribution in [0.5, 0.6) is 0 Å². The van der Waals surface area contributed by atoms with Crippen LogP contribution in [0.1, 0.15) is 55.8 Å². The van der Waals surface area contributed by atoms with Crippen molar-refractivity contribution in [2.45, 2.75) is 45.1 Å². The summed E-state index contributed by atoms with van der Waals surface area (Å²) in [5, 5.41) is 13.8. The first-order chi connectivity index (χ1) is 14.1. The molecular formula is C20H25N7O2. The summed E-state index contributed by atoms with van der Waals surface area (Å²) in [5.74, 6) is 2.62. The van der Waals surface area contributed by atoms with Crippen LogP contribution in [0, 0.1) is 0 Å².